The highest BCUT2D eigenvalue weighted by Crippen LogP contribution is 2.42. The van der Waals surface area contributed by atoms with Gasteiger partial charge in [0.1, 0.15) is 18.1 Å². The standard InChI is InChI=1S/C28H35IO4S/c1-27(2,3)25(28(4,5)29)23(31)14-12-20(30)17-33-21-13-11-19-15-22(18-9-7-6-8-10-18)26(32)34-24(19)16-21/h6-11,13,15-16,19-20,24-25,30H,12,14,17H2,1-5H3. The van der Waals surface area contributed by atoms with Gasteiger partial charge in [0, 0.05) is 32.5 Å². The number of ketones is 1. The van der Waals surface area contributed by atoms with E-state index in [0.29, 0.717) is 18.6 Å². The van der Waals surface area contributed by atoms with Crippen LogP contribution in [0.25, 0.3) is 5.57 Å². The Balaban J connectivity index is 1.53. The predicted molar refractivity (Wildman–Crippen MR) is 149 cm³/mol. The van der Waals surface area contributed by atoms with E-state index >= 15 is 0 Å². The molecule has 0 amide bonds. The van der Waals surface area contributed by atoms with Gasteiger partial charge in [-0.1, -0.05) is 111 Å². The maximum Gasteiger partial charge on any atom is 0.220 e. The number of aliphatic hydroxyl groups is 1. The number of rotatable bonds is 9. The number of benzene rings is 1. The molecule has 0 saturated carbocycles. The number of thioether (sulfide) groups is 1. The summed E-state index contributed by atoms with van der Waals surface area (Å²) in [6.45, 7) is 10.6. The van der Waals surface area contributed by atoms with Crippen molar-refractivity contribution in [3.63, 3.8) is 0 Å². The molecule has 0 saturated heterocycles. The molecule has 2 aliphatic rings. The lowest BCUT2D eigenvalue weighted by Gasteiger charge is -2.38. The van der Waals surface area contributed by atoms with Gasteiger partial charge in [-0.25, -0.2) is 0 Å². The highest BCUT2D eigenvalue weighted by molar-refractivity contribution is 14.1. The van der Waals surface area contributed by atoms with Gasteiger partial charge in [0.25, 0.3) is 0 Å². The van der Waals surface area contributed by atoms with Gasteiger partial charge in [-0.3, -0.25) is 9.59 Å². The quantitative estimate of drug-likeness (QED) is 0.266. The van der Waals surface area contributed by atoms with Crippen molar-refractivity contribution >= 4 is 50.8 Å². The van der Waals surface area contributed by atoms with Gasteiger partial charge in [0.05, 0.1) is 6.10 Å². The SMILES string of the molecule is CC(C)(C)C(C(=O)CCC(O)COC1=CC2SC(=O)C(c3ccccc3)=CC2C=C1)C(C)(C)I. The summed E-state index contributed by atoms with van der Waals surface area (Å²) in [6.07, 6.45) is 7.92. The summed E-state index contributed by atoms with van der Waals surface area (Å²) in [5, 5.41) is 10.5. The van der Waals surface area contributed by atoms with Crippen LogP contribution in [0.3, 0.4) is 0 Å². The second-order valence-electron chi connectivity index (χ2n) is 10.7. The molecule has 184 valence electrons. The minimum absolute atomic E-state index is 0.0166. The Labute approximate surface area is 221 Å². The highest BCUT2D eigenvalue weighted by atomic mass is 127. The van der Waals surface area contributed by atoms with Crippen molar-refractivity contribution in [3.05, 3.63) is 66.0 Å². The van der Waals surface area contributed by atoms with Gasteiger partial charge < -0.3 is 9.84 Å². The Bertz CT molecular complexity index is 968. The summed E-state index contributed by atoms with van der Waals surface area (Å²) in [6, 6.07) is 9.73. The van der Waals surface area contributed by atoms with Crippen LogP contribution in [-0.4, -0.2) is 37.4 Å². The first-order valence-electron chi connectivity index (χ1n) is 11.8. The molecule has 34 heavy (non-hydrogen) atoms. The number of carbonyl (C=O) groups is 2. The summed E-state index contributed by atoms with van der Waals surface area (Å²) < 4.78 is 5.67. The van der Waals surface area contributed by atoms with E-state index in [0.717, 1.165) is 11.1 Å². The van der Waals surface area contributed by atoms with Gasteiger partial charge in [0.15, 0.2) is 0 Å². The van der Waals surface area contributed by atoms with Crippen LogP contribution in [0.1, 0.15) is 53.0 Å². The van der Waals surface area contributed by atoms with Crippen molar-refractivity contribution in [2.45, 2.75) is 62.2 Å². The molecular weight excluding hydrogens is 559 g/mol. The number of ether oxygens (including phenoxy) is 1. The first kappa shape index (κ1) is 27.2. The van der Waals surface area contributed by atoms with Crippen LogP contribution in [-0.2, 0) is 14.3 Å². The number of alkyl halides is 1. The Morgan fingerprint density at radius 3 is 2.44 bits per heavy atom. The molecule has 6 heteroatoms. The summed E-state index contributed by atoms with van der Waals surface area (Å²) in [5.41, 5.74) is 1.55. The van der Waals surface area contributed by atoms with Gasteiger partial charge in [-0.05, 0) is 29.6 Å². The van der Waals surface area contributed by atoms with E-state index in [1.54, 1.807) is 0 Å². The molecular formula is C28H35IO4S. The number of halogens is 1. The zero-order valence-electron chi connectivity index (χ0n) is 20.6. The molecule has 0 aromatic heterocycles. The fourth-order valence-electron chi connectivity index (χ4n) is 4.91. The van der Waals surface area contributed by atoms with Crippen LogP contribution in [0.2, 0.25) is 0 Å². The summed E-state index contributed by atoms with van der Waals surface area (Å²) in [5.74, 6) is 0.872. The minimum atomic E-state index is -0.723. The molecule has 0 spiro atoms. The summed E-state index contributed by atoms with van der Waals surface area (Å²) in [7, 11) is 0. The smallest absolute Gasteiger partial charge is 0.220 e. The summed E-state index contributed by atoms with van der Waals surface area (Å²) >= 11 is 3.66. The molecule has 0 fully saturated rings. The van der Waals surface area contributed by atoms with E-state index in [2.05, 4.69) is 63.3 Å². The fourth-order valence-corrected chi connectivity index (χ4v) is 7.28. The van der Waals surface area contributed by atoms with Crippen LogP contribution in [0.15, 0.2) is 60.4 Å². The maximum absolute atomic E-state index is 12.9. The predicted octanol–water partition coefficient (Wildman–Crippen LogP) is 6.38. The number of fused-ring (bicyclic) bond motifs is 1. The topological polar surface area (TPSA) is 63.6 Å². The van der Waals surface area contributed by atoms with Crippen molar-refractivity contribution in [1.29, 1.82) is 0 Å². The molecule has 4 atom stereocenters. The normalized spacial score (nSPS) is 22.4. The molecule has 1 heterocycles. The van der Waals surface area contributed by atoms with Crippen LogP contribution >= 0.6 is 34.4 Å². The van der Waals surface area contributed by atoms with Crippen molar-refractivity contribution in [2.24, 2.45) is 17.3 Å². The number of hydrogen-bond acceptors (Lipinski definition) is 5. The average Bonchev–Trinajstić information content (AvgIpc) is 2.74. The minimum Gasteiger partial charge on any atom is -0.491 e. The van der Waals surface area contributed by atoms with Gasteiger partial charge in [0.2, 0.25) is 5.12 Å². The number of Topliss-reactive ketones (excluding diaryl/α,β-unsaturated/α-hetero) is 1. The third kappa shape index (κ3) is 7.08. The zero-order valence-corrected chi connectivity index (χ0v) is 23.6. The van der Waals surface area contributed by atoms with Crippen LogP contribution in [0, 0.1) is 17.3 Å². The lowest BCUT2D eigenvalue weighted by molar-refractivity contribution is -0.127. The van der Waals surface area contributed by atoms with E-state index in [9.17, 15) is 14.7 Å². The summed E-state index contributed by atoms with van der Waals surface area (Å²) in [4.78, 5) is 25.6. The molecule has 4 nitrogen and oxygen atoms in total. The highest BCUT2D eigenvalue weighted by Gasteiger charge is 2.41. The largest absolute Gasteiger partial charge is 0.491 e. The van der Waals surface area contributed by atoms with E-state index in [1.165, 1.54) is 11.8 Å². The van der Waals surface area contributed by atoms with E-state index in [-0.39, 0.29) is 43.4 Å². The molecule has 0 radical (unpaired) electrons. The molecule has 1 aliphatic heterocycles. The van der Waals surface area contributed by atoms with E-state index < -0.39 is 6.10 Å². The Morgan fingerprint density at radius 2 is 1.82 bits per heavy atom. The monoisotopic (exact) mass is 594 g/mol. The van der Waals surface area contributed by atoms with Crippen LogP contribution in [0.5, 0.6) is 0 Å². The lowest BCUT2D eigenvalue weighted by atomic mass is 9.71. The van der Waals surface area contributed by atoms with Gasteiger partial charge in [-0.2, -0.15) is 0 Å². The fraction of sp³-hybridized carbons (Fsp3) is 0.500. The Morgan fingerprint density at radius 1 is 1.15 bits per heavy atom. The maximum atomic E-state index is 12.9. The van der Waals surface area contributed by atoms with Crippen molar-refractivity contribution < 1.29 is 19.4 Å². The van der Waals surface area contributed by atoms with Crippen molar-refractivity contribution in [2.75, 3.05) is 6.61 Å². The van der Waals surface area contributed by atoms with E-state index in [1.807, 2.05) is 48.6 Å². The molecule has 1 aromatic carbocycles. The third-order valence-corrected chi connectivity index (χ3v) is 7.92. The van der Waals surface area contributed by atoms with Crippen molar-refractivity contribution in [1.82, 2.24) is 0 Å². The number of hydrogen-bond donors (Lipinski definition) is 1. The molecule has 1 N–H and O–H groups in total. The number of carbonyl (C=O) groups excluding carboxylic acids is 2. The zero-order chi connectivity index (χ0) is 25.1. The Hall–Kier alpha value is -1.38. The van der Waals surface area contributed by atoms with Gasteiger partial charge >= 0.3 is 0 Å². The first-order chi connectivity index (χ1) is 15.9. The first-order valence-corrected chi connectivity index (χ1v) is 13.7. The molecule has 1 aliphatic carbocycles. The number of allylic oxidation sites excluding steroid dienone is 3. The van der Waals surface area contributed by atoms with Crippen LogP contribution < -0.4 is 0 Å². The second-order valence-corrected chi connectivity index (χ2v) is 14.6. The van der Waals surface area contributed by atoms with Crippen molar-refractivity contribution in [3.8, 4) is 0 Å². The average molecular weight is 595 g/mol. The molecule has 4 unspecified atom stereocenters. The van der Waals surface area contributed by atoms with E-state index in [4.69, 9.17) is 4.74 Å². The molecule has 1 aromatic rings. The third-order valence-electron chi connectivity index (χ3n) is 6.14. The second kappa shape index (κ2) is 11.1. The molecule has 0 bridgehead atoms. The Kier molecular flexibility index (Phi) is 8.90. The molecule has 3 rings (SSSR count). The van der Waals surface area contributed by atoms with Gasteiger partial charge in [-0.15, -0.1) is 0 Å². The number of aliphatic hydroxyl groups excluding tert-OH is 1. The lowest BCUT2D eigenvalue weighted by Crippen LogP contribution is -2.41. The van der Waals surface area contributed by atoms with Crippen LogP contribution in [0.4, 0.5) is 0 Å².